The van der Waals surface area contributed by atoms with Crippen molar-refractivity contribution in [3.63, 3.8) is 0 Å². The van der Waals surface area contributed by atoms with Gasteiger partial charge in [-0.2, -0.15) is 0 Å². The van der Waals surface area contributed by atoms with Crippen LogP contribution in [0.15, 0.2) is 101 Å². The number of ketones is 1. The molecule has 7 heteroatoms. The number of ether oxygens (including phenoxy) is 2. The maximum atomic E-state index is 13.5. The summed E-state index contributed by atoms with van der Waals surface area (Å²) in [5, 5.41) is 11.6. The van der Waals surface area contributed by atoms with Gasteiger partial charge in [-0.25, -0.2) is 0 Å². The molecular weight excluding hydrogens is 518 g/mol. The number of carbonyl (C=O) groups excluding carboxylic acids is 2. The fourth-order valence-electron chi connectivity index (χ4n) is 5.06. The van der Waals surface area contributed by atoms with Crippen molar-refractivity contribution in [3.8, 4) is 11.5 Å². The molecule has 0 bridgehead atoms. The van der Waals surface area contributed by atoms with Crippen molar-refractivity contribution in [2.45, 2.75) is 45.9 Å². The largest absolute Gasteiger partial charge is 0.507 e. The highest BCUT2D eigenvalue weighted by atomic mass is 16.5. The van der Waals surface area contributed by atoms with Crippen LogP contribution in [-0.2, 0) is 22.7 Å². The number of likely N-dealkylation sites (tertiary alicyclic amines) is 1. The Morgan fingerprint density at radius 1 is 0.951 bits per heavy atom. The van der Waals surface area contributed by atoms with Crippen molar-refractivity contribution in [3.05, 3.63) is 125 Å². The summed E-state index contributed by atoms with van der Waals surface area (Å²) >= 11 is 0. The smallest absolute Gasteiger partial charge is 0.296 e. The van der Waals surface area contributed by atoms with Crippen molar-refractivity contribution in [1.82, 2.24) is 4.90 Å². The molecule has 1 N–H and O–H groups in total. The first-order chi connectivity index (χ1) is 19.9. The lowest BCUT2D eigenvalue weighted by Gasteiger charge is -2.25. The van der Waals surface area contributed by atoms with Gasteiger partial charge in [0.1, 0.15) is 29.6 Å². The van der Waals surface area contributed by atoms with Gasteiger partial charge in [0.15, 0.2) is 0 Å². The minimum Gasteiger partial charge on any atom is -0.507 e. The monoisotopic (exact) mass is 551 g/mol. The van der Waals surface area contributed by atoms with E-state index in [-0.39, 0.29) is 23.8 Å². The Morgan fingerprint density at radius 2 is 1.76 bits per heavy atom. The molecule has 3 aromatic carbocycles. The van der Waals surface area contributed by atoms with E-state index < -0.39 is 17.7 Å². The highest BCUT2D eigenvalue weighted by molar-refractivity contribution is 6.46. The van der Waals surface area contributed by atoms with Gasteiger partial charge < -0.3 is 23.9 Å². The second-order valence-corrected chi connectivity index (χ2v) is 10.2. The maximum absolute atomic E-state index is 13.5. The molecule has 0 saturated carbocycles. The molecule has 1 aromatic heterocycles. The van der Waals surface area contributed by atoms with Crippen LogP contribution in [-0.4, -0.2) is 28.3 Å². The molecule has 5 rings (SSSR count). The van der Waals surface area contributed by atoms with Crippen molar-refractivity contribution < 1.29 is 28.6 Å². The van der Waals surface area contributed by atoms with Crippen LogP contribution in [0.25, 0.3) is 5.76 Å². The number of hydrogen-bond acceptors (Lipinski definition) is 6. The summed E-state index contributed by atoms with van der Waals surface area (Å²) in [6, 6.07) is 25.0. The van der Waals surface area contributed by atoms with Crippen LogP contribution in [0.3, 0.4) is 0 Å². The standard InChI is InChI=1S/C34H33NO6/c1-4-39-29-16-15-25(19-28(29)22(2)3)32(36)30-31(35(34(38)33(30)37)20-27-14-9-17-40-27)24-12-8-13-26(18-24)41-21-23-10-6-5-7-11-23/h5-19,22,31,36H,4,20-21H2,1-3H3/b32-30+. The van der Waals surface area contributed by atoms with Crippen molar-refractivity contribution in [2.75, 3.05) is 6.61 Å². The van der Waals surface area contributed by atoms with E-state index in [0.717, 1.165) is 16.9 Å². The number of nitrogens with zero attached hydrogens (tertiary/aromatic N) is 1. The predicted molar refractivity (Wildman–Crippen MR) is 155 cm³/mol. The van der Waals surface area contributed by atoms with Crippen LogP contribution >= 0.6 is 0 Å². The van der Waals surface area contributed by atoms with Gasteiger partial charge in [0.05, 0.1) is 31.0 Å². The Balaban J connectivity index is 1.58. The molecule has 1 aliphatic rings. The fraction of sp³-hybridized carbons (Fsp3) is 0.235. The molecule has 0 spiro atoms. The van der Waals surface area contributed by atoms with E-state index in [0.29, 0.717) is 35.9 Å². The predicted octanol–water partition coefficient (Wildman–Crippen LogP) is 7.00. The average molecular weight is 552 g/mol. The third-order valence-electron chi connectivity index (χ3n) is 7.07. The normalized spacial score (nSPS) is 16.4. The highest BCUT2D eigenvalue weighted by Crippen LogP contribution is 2.42. The zero-order chi connectivity index (χ0) is 28.9. The molecule has 1 saturated heterocycles. The number of aliphatic hydroxyl groups excluding tert-OH is 1. The van der Waals surface area contributed by atoms with E-state index >= 15 is 0 Å². The third kappa shape index (κ3) is 5.89. The molecule has 7 nitrogen and oxygen atoms in total. The number of carbonyl (C=O) groups is 2. The first-order valence-corrected chi connectivity index (χ1v) is 13.7. The van der Waals surface area contributed by atoms with Gasteiger partial charge in [-0.15, -0.1) is 0 Å². The van der Waals surface area contributed by atoms with Gasteiger partial charge in [-0.1, -0.05) is 56.3 Å². The Labute approximate surface area is 239 Å². The van der Waals surface area contributed by atoms with Gasteiger partial charge in [0, 0.05) is 5.56 Å². The van der Waals surface area contributed by atoms with Crippen molar-refractivity contribution in [2.24, 2.45) is 0 Å². The van der Waals surface area contributed by atoms with E-state index in [9.17, 15) is 14.7 Å². The fourth-order valence-corrected chi connectivity index (χ4v) is 5.06. The minimum absolute atomic E-state index is 0.0145. The first kappa shape index (κ1) is 27.8. The molecule has 1 aliphatic heterocycles. The van der Waals surface area contributed by atoms with Gasteiger partial charge in [-0.05, 0) is 72.0 Å². The minimum atomic E-state index is -0.852. The molecule has 0 aliphatic carbocycles. The number of rotatable bonds is 10. The lowest BCUT2D eigenvalue weighted by atomic mass is 9.93. The number of Topliss-reactive ketones (excluding diaryl/α,β-unsaturated/α-hetero) is 1. The first-order valence-electron chi connectivity index (χ1n) is 13.7. The molecule has 210 valence electrons. The van der Waals surface area contributed by atoms with Crippen LogP contribution in [0, 0.1) is 0 Å². The molecule has 1 fully saturated rings. The van der Waals surface area contributed by atoms with Crippen molar-refractivity contribution >= 4 is 17.4 Å². The second kappa shape index (κ2) is 12.2. The molecule has 1 unspecified atom stereocenters. The van der Waals surface area contributed by atoms with Crippen molar-refractivity contribution in [1.29, 1.82) is 0 Å². The van der Waals surface area contributed by atoms with Crippen LogP contribution in [0.5, 0.6) is 11.5 Å². The third-order valence-corrected chi connectivity index (χ3v) is 7.07. The zero-order valence-corrected chi connectivity index (χ0v) is 23.4. The summed E-state index contributed by atoms with van der Waals surface area (Å²) in [6.45, 7) is 6.91. The van der Waals surface area contributed by atoms with E-state index in [1.54, 1.807) is 30.3 Å². The molecule has 1 atom stereocenters. The van der Waals surface area contributed by atoms with E-state index in [2.05, 4.69) is 0 Å². The molecule has 41 heavy (non-hydrogen) atoms. The lowest BCUT2D eigenvalue weighted by molar-refractivity contribution is -0.140. The number of furan rings is 1. The Hall–Kier alpha value is -4.78. The Bertz CT molecular complexity index is 1560. The van der Waals surface area contributed by atoms with E-state index in [1.165, 1.54) is 11.2 Å². The second-order valence-electron chi connectivity index (χ2n) is 10.2. The maximum Gasteiger partial charge on any atom is 0.296 e. The summed E-state index contributed by atoms with van der Waals surface area (Å²) in [5.41, 5.74) is 3.00. The molecular formula is C34H33NO6. The van der Waals surface area contributed by atoms with Gasteiger partial charge in [0.2, 0.25) is 0 Å². The Morgan fingerprint density at radius 3 is 2.46 bits per heavy atom. The van der Waals surface area contributed by atoms with Gasteiger partial charge >= 0.3 is 0 Å². The molecule has 1 amide bonds. The number of benzene rings is 3. The summed E-state index contributed by atoms with van der Waals surface area (Å²) in [7, 11) is 0. The quantitative estimate of drug-likeness (QED) is 0.130. The molecule has 0 radical (unpaired) electrons. The summed E-state index contributed by atoms with van der Waals surface area (Å²) in [6.07, 6.45) is 1.52. The number of hydrogen-bond donors (Lipinski definition) is 1. The van der Waals surface area contributed by atoms with Crippen LogP contribution in [0.4, 0.5) is 0 Å². The topological polar surface area (TPSA) is 89.2 Å². The number of amides is 1. The summed E-state index contributed by atoms with van der Waals surface area (Å²) < 4.78 is 17.3. The Kier molecular flexibility index (Phi) is 8.24. The number of aliphatic hydroxyl groups is 1. The lowest BCUT2D eigenvalue weighted by Crippen LogP contribution is -2.29. The van der Waals surface area contributed by atoms with Crippen LogP contribution in [0.1, 0.15) is 60.7 Å². The molecule has 2 heterocycles. The summed E-state index contributed by atoms with van der Waals surface area (Å²) in [5.74, 6) is 0.232. The SMILES string of the molecule is CCOc1ccc(/C(O)=C2\C(=O)C(=O)N(Cc3ccco3)C2c2cccc(OCc3ccccc3)c2)cc1C(C)C. The van der Waals surface area contributed by atoms with E-state index in [4.69, 9.17) is 13.9 Å². The highest BCUT2D eigenvalue weighted by Gasteiger charge is 2.46. The summed E-state index contributed by atoms with van der Waals surface area (Å²) in [4.78, 5) is 28.4. The van der Waals surface area contributed by atoms with Crippen LogP contribution in [0.2, 0.25) is 0 Å². The van der Waals surface area contributed by atoms with Gasteiger partial charge in [-0.3, -0.25) is 9.59 Å². The van der Waals surface area contributed by atoms with Gasteiger partial charge in [0.25, 0.3) is 11.7 Å². The van der Waals surface area contributed by atoms with Crippen LogP contribution < -0.4 is 9.47 Å². The zero-order valence-electron chi connectivity index (χ0n) is 23.4. The molecule has 4 aromatic rings. The average Bonchev–Trinajstić information content (AvgIpc) is 3.59. The van der Waals surface area contributed by atoms with E-state index in [1.807, 2.05) is 75.4 Å².